The molecule has 204 valence electrons. The van der Waals surface area contributed by atoms with Crippen molar-refractivity contribution >= 4 is 63.5 Å². The molecule has 0 saturated heterocycles. The maximum Gasteiger partial charge on any atom is 0.341 e. The molecular weight excluding hydrogens is 561 g/mol. The van der Waals surface area contributed by atoms with Crippen molar-refractivity contribution in [3.63, 3.8) is 0 Å². The van der Waals surface area contributed by atoms with E-state index in [1.54, 1.807) is 48.5 Å². The van der Waals surface area contributed by atoms with Crippen LogP contribution in [-0.2, 0) is 38.5 Å². The Bertz CT molecular complexity index is 1380. The summed E-state index contributed by atoms with van der Waals surface area (Å²) in [7, 11) is 1.31. The van der Waals surface area contributed by atoms with Gasteiger partial charge >= 0.3 is 11.9 Å². The van der Waals surface area contributed by atoms with E-state index in [0.29, 0.717) is 37.8 Å². The van der Waals surface area contributed by atoms with Crippen molar-refractivity contribution in [3.8, 4) is 5.75 Å². The van der Waals surface area contributed by atoms with Crippen LogP contribution in [0.3, 0.4) is 0 Å². The van der Waals surface area contributed by atoms with Crippen molar-refractivity contribution in [3.05, 3.63) is 85.7 Å². The van der Waals surface area contributed by atoms with Gasteiger partial charge in [-0.25, -0.2) is 9.59 Å². The number of fused-ring (bicyclic) bond motifs is 1. The number of methoxy groups -OCH3 is 1. The molecule has 2 aromatic carbocycles. The van der Waals surface area contributed by atoms with Gasteiger partial charge in [0.15, 0.2) is 6.61 Å². The number of carbonyl (C=O) groups excluding carboxylic acids is 3. The third-order valence-corrected chi connectivity index (χ3v) is 8.11. The van der Waals surface area contributed by atoms with Gasteiger partial charge in [0, 0.05) is 26.6 Å². The van der Waals surface area contributed by atoms with Crippen LogP contribution in [-0.4, -0.2) is 31.6 Å². The molecule has 3 aromatic rings. The van der Waals surface area contributed by atoms with Gasteiger partial charge < -0.3 is 19.5 Å². The summed E-state index contributed by atoms with van der Waals surface area (Å²) in [5.41, 5.74) is 2.77. The molecule has 0 bridgehead atoms. The molecule has 39 heavy (non-hydrogen) atoms. The lowest BCUT2D eigenvalue weighted by molar-refractivity contribution is -0.142. The van der Waals surface area contributed by atoms with Crippen molar-refractivity contribution in [1.29, 1.82) is 0 Å². The Morgan fingerprint density at radius 3 is 2.51 bits per heavy atom. The largest absolute Gasteiger partial charge is 0.489 e. The zero-order valence-corrected chi connectivity index (χ0v) is 23.8. The number of hydrogen-bond acceptors (Lipinski definition) is 7. The predicted octanol–water partition coefficient (Wildman–Crippen LogP) is 6.74. The van der Waals surface area contributed by atoms with Crippen LogP contribution >= 0.6 is 34.5 Å². The first-order valence-corrected chi connectivity index (χ1v) is 13.9. The molecule has 7 nitrogen and oxygen atoms in total. The van der Waals surface area contributed by atoms with Gasteiger partial charge in [0.05, 0.1) is 12.7 Å². The fourth-order valence-electron chi connectivity index (χ4n) is 4.17. The van der Waals surface area contributed by atoms with E-state index in [1.165, 1.54) is 24.5 Å². The predicted molar refractivity (Wildman–Crippen MR) is 153 cm³/mol. The quantitative estimate of drug-likeness (QED) is 0.220. The number of esters is 2. The van der Waals surface area contributed by atoms with Crippen molar-refractivity contribution < 1.29 is 28.6 Å². The van der Waals surface area contributed by atoms with Gasteiger partial charge in [-0.1, -0.05) is 48.3 Å². The van der Waals surface area contributed by atoms with Crippen LogP contribution < -0.4 is 10.1 Å². The van der Waals surface area contributed by atoms with Crippen LogP contribution in [0.15, 0.2) is 48.5 Å². The Labute approximate surface area is 240 Å². The average Bonchev–Trinajstić information content (AvgIpc) is 3.27. The summed E-state index contributed by atoms with van der Waals surface area (Å²) < 4.78 is 15.8. The molecule has 1 aromatic heterocycles. The van der Waals surface area contributed by atoms with Crippen LogP contribution in [0.1, 0.15) is 45.3 Å². The maximum atomic E-state index is 12.5. The fraction of sp³-hybridized carbons (Fsp3) is 0.276. The molecule has 1 heterocycles. The number of carbonyl (C=O) groups is 3. The molecule has 0 spiro atoms. The zero-order chi connectivity index (χ0) is 27.9. The number of halogens is 2. The lowest BCUT2D eigenvalue weighted by atomic mass is 9.88. The van der Waals surface area contributed by atoms with Gasteiger partial charge in [0.25, 0.3) is 5.91 Å². The van der Waals surface area contributed by atoms with Crippen LogP contribution in [0, 0.1) is 5.92 Å². The highest BCUT2D eigenvalue weighted by Gasteiger charge is 2.29. The highest BCUT2D eigenvalue weighted by molar-refractivity contribution is 7.17. The Morgan fingerprint density at radius 1 is 1.10 bits per heavy atom. The molecule has 1 N–H and O–H groups in total. The third kappa shape index (κ3) is 7.41. The van der Waals surface area contributed by atoms with Crippen LogP contribution in [0.4, 0.5) is 5.00 Å². The number of amides is 1. The van der Waals surface area contributed by atoms with Gasteiger partial charge in [0.2, 0.25) is 0 Å². The lowest BCUT2D eigenvalue weighted by Crippen LogP contribution is -2.21. The van der Waals surface area contributed by atoms with Crippen molar-refractivity contribution in [1.82, 2.24) is 0 Å². The highest BCUT2D eigenvalue weighted by Crippen LogP contribution is 2.40. The number of anilines is 1. The lowest BCUT2D eigenvalue weighted by Gasteiger charge is -2.18. The molecule has 0 radical (unpaired) electrons. The zero-order valence-electron chi connectivity index (χ0n) is 21.4. The summed E-state index contributed by atoms with van der Waals surface area (Å²) in [4.78, 5) is 38.1. The minimum absolute atomic E-state index is 0.219. The Hall–Kier alpha value is -3.33. The normalized spacial score (nSPS) is 14.5. The summed E-state index contributed by atoms with van der Waals surface area (Å²) in [6, 6.07) is 12.3. The summed E-state index contributed by atoms with van der Waals surface area (Å²) in [5.74, 6) is -0.575. The van der Waals surface area contributed by atoms with Crippen molar-refractivity contribution in [2.45, 2.75) is 32.8 Å². The SMILES string of the molecule is COC(=O)c1c(NC(=O)COC(=O)C=Cc2ccc(OCc3c(Cl)cccc3Cl)cc2)sc2c1CCC(C)C2. The molecule has 4 rings (SSSR count). The van der Waals surface area contributed by atoms with Crippen LogP contribution in [0.25, 0.3) is 6.08 Å². The first kappa shape index (κ1) is 28.7. The number of rotatable bonds is 9. The molecule has 10 heteroatoms. The summed E-state index contributed by atoms with van der Waals surface area (Å²) in [6.45, 7) is 1.89. The molecule has 1 aliphatic carbocycles. The summed E-state index contributed by atoms with van der Waals surface area (Å²) >= 11 is 13.7. The van der Waals surface area contributed by atoms with E-state index in [0.717, 1.165) is 35.3 Å². The van der Waals surface area contributed by atoms with Crippen molar-refractivity contribution in [2.24, 2.45) is 5.92 Å². The molecule has 1 amide bonds. The number of thiophene rings is 1. The van der Waals surface area contributed by atoms with Gasteiger partial charge in [-0.3, -0.25) is 4.79 Å². The van der Waals surface area contributed by atoms with Gasteiger partial charge in [-0.15, -0.1) is 11.3 Å². The number of nitrogens with one attached hydrogen (secondary N) is 1. The Balaban J connectivity index is 1.28. The van der Waals surface area contributed by atoms with E-state index >= 15 is 0 Å². The molecule has 1 atom stereocenters. The second-order valence-corrected chi connectivity index (χ2v) is 11.0. The average molecular weight is 589 g/mol. The van der Waals surface area contributed by atoms with Crippen LogP contribution in [0.2, 0.25) is 10.0 Å². The molecule has 0 aliphatic heterocycles. The van der Waals surface area contributed by atoms with Crippen LogP contribution in [0.5, 0.6) is 5.75 Å². The monoisotopic (exact) mass is 587 g/mol. The molecule has 1 unspecified atom stereocenters. The van der Waals surface area contributed by atoms with E-state index in [2.05, 4.69) is 12.2 Å². The first-order valence-electron chi connectivity index (χ1n) is 12.3. The van der Waals surface area contributed by atoms with Gasteiger partial charge in [0.1, 0.15) is 17.4 Å². The summed E-state index contributed by atoms with van der Waals surface area (Å²) in [6.07, 6.45) is 5.38. The van der Waals surface area contributed by atoms with E-state index in [-0.39, 0.29) is 6.61 Å². The van der Waals surface area contributed by atoms with Gasteiger partial charge in [-0.2, -0.15) is 0 Å². The smallest absolute Gasteiger partial charge is 0.341 e. The van der Waals surface area contributed by atoms with E-state index in [9.17, 15) is 14.4 Å². The topological polar surface area (TPSA) is 90.9 Å². The standard InChI is InChI=1S/C29H27Cl2NO6S/c1-17-6-12-20-24(14-17)39-28(27(20)29(35)36-2)32-25(33)16-38-26(34)13-9-18-7-10-19(11-8-18)37-15-21-22(30)4-3-5-23(21)31/h3-5,7-11,13,17H,6,12,14-16H2,1-2H3,(H,32,33). The number of hydrogen-bond donors (Lipinski definition) is 1. The summed E-state index contributed by atoms with van der Waals surface area (Å²) in [5, 5.41) is 4.20. The van der Waals surface area contributed by atoms with E-state index in [1.807, 2.05) is 0 Å². The second kappa shape index (κ2) is 13.2. The minimum Gasteiger partial charge on any atom is -0.489 e. The highest BCUT2D eigenvalue weighted by atomic mass is 35.5. The molecule has 0 saturated carbocycles. The van der Waals surface area contributed by atoms with E-state index in [4.69, 9.17) is 37.4 Å². The first-order chi connectivity index (χ1) is 18.7. The number of benzene rings is 2. The second-order valence-electron chi connectivity index (χ2n) is 9.09. The maximum absolute atomic E-state index is 12.5. The molecule has 0 fully saturated rings. The fourth-order valence-corrected chi connectivity index (χ4v) is 6.09. The molecule has 1 aliphatic rings. The minimum atomic E-state index is -0.675. The Morgan fingerprint density at radius 2 is 1.82 bits per heavy atom. The third-order valence-electron chi connectivity index (χ3n) is 6.24. The van der Waals surface area contributed by atoms with Gasteiger partial charge in [-0.05, 0) is 66.6 Å². The van der Waals surface area contributed by atoms with E-state index < -0.39 is 24.5 Å². The molecular formula is C29H27Cl2NO6S. The Kier molecular flexibility index (Phi) is 9.67. The number of ether oxygens (including phenoxy) is 3. The van der Waals surface area contributed by atoms with Crippen molar-refractivity contribution in [2.75, 3.05) is 19.0 Å².